The van der Waals surface area contributed by atoms with Crippen LogP contribution in [-0.4, -0.2) is 83.6 Å². The molecule has 7 nitrogen and oxygen atoms in total. The van der Waals surface area contributed by atoms with Crippen molar-refractivity contribution in [2.24, 2.45) is 0 Å². The molecule has 0 saturated carbocycles. The summed E-state index contributed by atoms with van der Waals surface area (Å²) in [6.07, 6.45) is 0.620. The number of amides is 1. The molecule has 1 aromatic rings. The Bertz CT molecular complexity index is 468. The number of aromatic nitrogens is 2. The van der Waals surface area contributed by atoms with Crippen molar-refractivity contribution in [1.82, 2.24) is 24.8 Å². The molecule has 1 fully saturated rings. The maximum atomic E-state index is 12.5. The molecule has 2 heterocycles. The summed E-state index contributed by atoms with van der Waals surface area (Å²) >= 11 is 0. The highest BCUT2D eigenvalue weighted by Gasteiger charge is 2.26. The van der Waals surface area contributed by atoms with E-state index in [0.717, 1.165) is 26.2 Å². The Kier molecular flexibility index (Phi) is 5.30. The van der Waals surface area contributed by atoms with Crippen molar-refractivity contribution < 1.29 is 9.32 Å². The minimum Gasteiger partial charge on any atom is -0.344 e. The Morgan fingerprint density at radius 3 is 2.62 bits per heavy atom. The van der Waals surface area contributed by atoms with Crippen LogP contribution in [0.2, 0.25) is 0 Å². The maximum absolute atomic E-state index is 12.5. The molecule has 118 valence electrons. The molecule has 1 aromatic heterocycles. The molecule has 0 aromatic carbocycles. The van der Waals surface area contributed by atoms with Crippen LogP contribution in [0.25, 0.3) is 0 Å². The van der Waals surface area contributed by atoms with Crippen LogP contribution in [0.15, 0.2) is 4.52 Å². The quantitative estimate of drug-likeness (QED) is 0.763. The third-order valence-corrected chi connectivity index (χ3v) is 4.06. The number of nitrogens with zero attached hydrogens (tertiary/aromatic N) is 5. The molecular formula is C14H25N5O2. The number of hydrogen-bond donors (Lipinski definition) is 0. The van der Waals surface area contributed by atoms with Gasteiger partial charge in [-0.1, -0.05) is 5.16 Å². The summed E-state index contributed by atoms with van der Waals surface area (Å²) in [5.74, 6) is 1.36. The highest BCUT2D eigenvalue weighted by atomic mass is 16.5. The van der Waals surface area contributed by atoms with Gasteiger partial charge >= 0.3 is 0 Å². The lowest BCUT2D eigenvalue weighted by atomic mass is 10.2. The third kappa shape index (κ3) is 4.25. The van der Waals surface area contributed by atoms with Crippen molar-refractivity contribution in [3.8, 4) is 0 Å². The van der Waals surface area contributed by atoms with Gasteiger partial charge in [-0.2, -0.15) is 4.98 Å². The Morgan fingerprint density at radius 1 is 1.38 bits per heavy atom. The molecule has 0 bridgehead atoms. The monoisotopic (exact) mass is 295 g/mol. The minimum atomic E-state index is -0.0734. The summed E-state index contributed by atoms with van der Waals surface area (Å²) in [6, 6.07) is -0.0734. The lowest BCUT2D eigenvalue weighted by Crippen LogP contribution is -2.53. The molecule has 1 atom stereocenters. The van der Waals surface area contributed by atoms with Gasteiger partial charge in [0, 0.05) is 53.1 Å². The lowest BCUT2D eigenvalue weighted by molar-refractivity contribution is -0.135. The van der Waals surface area contributed by atoms with Gasteiger partial charge in [-0.05, 0) is 14.0 Å². The molecule has 0 N–H and O–H groups in total. The van der Waals surface area contributed by atoms with Gasteiger partial charge in [0.25, 0.3) is 0 Å². The van der Waals surface area contributed by atoms with Crippen LogP contribution >= 0.6 is 0 Å². The second-order valence-electron chi connectivity index (χ2n) is 5.75. The summed E-state index contributed by atoms with van der Waals surface area (Å²) < 4.78 is 4.93. The molecule has 1 amide bonds. The molecule has 0 aliphatic carbocycles. The van der Waals surface area contributed by atoms with Crippen LogP contribution < -0.4 is 0 Å². The van der Waals surface area contributed by atoms with E-state index in [-0.39, 0.29) is 11.9 Å². The van der Waals surface area contributed by atoms with Gasteiger partial charge < -0.3 is 14.3 Å². The maximum Gasteiger partial charge on any atom is 0.239 e. The zero-order valence-corrected chi connectivity index (χ0v) is 13.4. The zero-order valence-electron chi connectivity index (χ0n) is 13.4. The topological polar surface area (TPSA) is 65.7 Å². The number of carbonyl (C=O) groups excluding carboxylic acids is 1. The van der Waals surface area contributed by atoms with Gasteiger partial charge in [0.15, 0.2) is 5.82 Å². The van der Waals surface area contributed by atoms with Crippen molar-refractivity contribution in [2.75, 3.05) is 46.8 Å². The van der Waals surface area contributed by atoms with Crippen LogP contribution in [0.5, 0.6) is 0 Å². The highest BCUT2D eigenvalue weighted by Crippen LogP contribution is 2.08. The lowest BCUT2D eigenvalue weighted by Gasteiger charge is -2.37. The van der Waals surface area contributed by atoms with Crippen LogP contribution in [0.3, 0.4) is 0 Å². The van der Waals surface area contributed by atoms with E-state index in [4.69, 9.17) is 4.52 Å². The van der Waals surface area contributed by atoms with E-state index in [1.165, 1.54) is 0 Å². The van der Waals surface area contributed by atoms with Crippen molar-refractivity contribution in [2.45, 2.75) is 26.3 Å². The molecule has 2 rings (SSSR count). The summed E-state index contributed by atoms with van der Waals surface area (Å²) in [6.45, 7) is 8.29. The molecule has 1 aliphatic rings. The SMILES string of the molecule is Cc1nc(CCN(C)C(=O)C(C)N2CCN(C)CC2)no1. The van der Waals surface area contributed by atoms with Gasteiger partial charge in [-0.15, -0.1) is 0 Å². The Balaban J connectivity index is 1.80. The minimum absolute atomic E-state index is 0.0734. The number of likely N-dealkylation sites (N-methyl/N-ethyl adjacent to an activating group) is 2. The predicted molar refractivity (Wildman–Crippen MR) is 78.9 cm³/mol. The molecule has 1 aliphatic heterocycles. The number of hydrogen-bond acceptors (Lipinski definition) is 6. The Hall–Kier alpha value is -1.47. The van der Waals surface area contributed by atoms with E-state index in [0.29, 0.717) is 24.7 Å². The predicted octanol–water partition coefficient (Wildman–Crippen LogP) is 0.0148. The van der Waals surface area contributed by atoms with Crippen LogP contribution in [0.4, 0.5) is 0 Å². The van der Waals surface area contributed by atoms with E-state index in [1.54, 1.807) is 11.8 Å². The zero-order chi connectivity index (χ0) is 15.4. The van der Waals surface area contributed by atoms with Crippen LogP contribution in [0, 0.1) is 6.92 Å². The van der Waals surface area contributed by atoms with Gasteiger partial charge in [-0.3, -0.25) is 9.69 Å². The Morgan fingerprint density at radius 2 is 2.05 bits per heavy atom. The standard InChI is InChI=1S/C14H25N5O2/c1-11(19-9-7-17(3)8-10-19)14(20)18(4)6-5-13-15-12(2)21-16-13/h11H,5-10H2,1-4H3. The first kappa shape index (κ1) is 15.9. The third-order valence-electron chi connectivity index (χ3n) is 4.06. The molecule has 0 spiro atoms. The normalized spacial score (nSPS) is 18.7. The number of piperazine rings is 1. The van der Waals surface area contributed by atoms with Crippen molar-refractivity contribution >= 4 is 5.91 Å². The van der Waals surface area contributed by atoms with E-state index in [2.05, 4.69) is 27.0 Å². The first-order valence-corrected chi connectivity index (χ1v) is 7.44. The van der Waals surface area contributed by atoms with Gasteiger partial charge in [0.05, 0.1) is 6.04 Å². The second kappa shape index (κ2) is 7.00. The van der Waals surface area contributed by atoms with Gasteiger partial charge in [-0.25, -0.2) is 0 Å². The molecule has 1 unspecified atom stereocenters. The Labute approximate surface area is 125 Å². The van der Waals surface area contributed by atoms with E-state index >= 15 is 0 Å². The molecular weight excluding hydrogens is 270 g/mol. The van der Waals surface area contributed by atoms with Crippen molar-refractivity contribution in [1.29, 1.82) is 0 Å². The van der Waals surface area contributed by atoms with E-state index in [9.17, 15) is 4.79 Å². The van der Waals surface area contributed by atoms with Crippen LogP contribution in [-0.2, 0) is 11.2 Å². The first-order valence-electron chi connectivity index (χ1n) is 7.44. The fourth-order valence-electron chi connectivity index (χ4n) is 2.51. The summed E-state index contributed by atoms with van der Waals surface area (Å²) in [5.41, 5.74) is 0. The van der Waals surface area contributed by atoms with E-state index < -0.39 is 0 Å². The smallest absolute Gasteiger partial charge is 0.239 e. The fraction of sp³-hybridized carbons (Fsp3) is 0.786. The first-order chi connectivity index (χ1) is 9.97. The molecule has 21 heavy (non-hydrogen) atoms. The molecule has 0 radical (unpaired) electrons. The number of aryl methyl sites for hydroxylation is 1. The van der Waals surface area contributed by atoms with Gasteiger partial charge in [0.2, 0.25) is 11.8 Å². The fourth-order valence-corrected chi connectivity index (χ4v) is 2.51. The summed E-state index contributed by atoms with van der Waals surface area (Å²) in [5, 5.41) is 3.85. The second-order valence-corrected chi connectivity index (χ2v) is 5.75. The summed E-state index contributed by atoms with van der Waals surface area (Å²) in [4.78, 5) is 22.9. The summed E-state index contributed by atoms with van der Waals surface area (Å²) in [7, 11) is 3.95. The largest absolute Gasteiger partial charge is 0.344 e. The van der Waals surface area contributed by atoms with Crippen molar-refractivity contribution in [3.05, 3.63) is 11.7 Å². The van der Waals surface area contributed by atoms with Crippen molar-refractivity contribution in [3.63, 3.8) is 0 Å². The average Bonchev–Trinajstić information content (AvgIpc) is 2.89. The number of rotatable bonds is 5. The molecule has 1 saturated heterocycles. The molecule has 7 heteroatoms. The number of carbonyl (C=O) groups is 1. The van der Waals surface area contributed by atoms with E-state index in [1.807, 2.05) is 14.0 Å². The average molecular weight is 295 g/mol. The van der Waals surface area contributed by atoms with Crippen LogP contribution in [0.1, 0.15) is 18.6 Å². The van der Waals surface area contributed by atoms with Gasteiger partial charge in [0.1, 0.15) is 0 Å². The highest BCUT2D eigenvalue weighted by molar-refractivity contribution is 5.81.